The van der Waals surface area contributed by atoms with Crippen LogP contribution in [0.4, 0.5) is 0 Å². The van der Waals surface area contributed by atoms with Crippen LogP contribution in [0.1, 0.15) is 12.5 Å². The van der Waals surface area contributed by atoms with E-state index < -0.39 is 0 Å². The summed E-state index contributed by atoms with van der Waals surface area (Å²) in [4.78, 5) is 11.8. The minimum Gasteiger partial charge on any atom is -0.497 e. The van der Waals surface area contributed by atoms with Crippen molar-refractivity contribution in [1.29, 1.82) is 0 Å². The Morgan fingerprint density at radius 2 is 1.78 bits per heavy atom. The molecule has 0 radical (unpaired) electrons. The number of halogens is 1. The minimum atomic E-state index is 0. The van der Waals surface area contributed by atoms with Gasteiger partial charge < -0.3 is 24.4 Å². The number of benzene rings is 1. The van der Waals surface area contributed by atoms with Crippen LogP contribution >= 0.6 is 24.0 Å². The summed E-state index contributed by atoms with van der Waals surface area (Å²) in [6, 6.07) is 5.99. The van der Waals surface area contributed by atoms with Crippen LogP contribution in [0, 0.1) is 5.92 Å². The van der Waals surface area contributed by atoms with Gasteiger partial charge in [0.2, 0.25) is 0 Å². The van der Waals surface area contributed by atoms with E-state index in [2.05, 4.69) is 38.0 Å². The molecule has 3 rings (SSSR count). The molecule has 1 N–H and O–H groups in total. The predicted octanol–water partition coefficient (Wildman–Crippen LogP) is 1.98. The van der Waals surface area contributed by atoms with E-state index in [0.29, 0.717) is 5.92 Å². The van der Waals surface area contributed by atoms with Crippen LogP contribution in [-0.2, 0) is 11.3 Å². The fourth-order valence-corrected chi connectivity index (χ4v) is 4.25. The van der Waals surface area contributed by atoms with Crippen molar-refractivity contribution in [2.75, 3.05) is 86.8 Å². The van der Waals surface area contributed by atoms with Crippen LogP contribution < -0.4 is 14.8 Å². The second-order valence-electron chi connectivity index (χ2n) is 8.39. The fourth-order valence-electron chi connectivity index (χ4n) is 4.25. The van der Waals surface area contributed by atoms with Crippen LogP contribution in [0.5, 0.6) is 11.5 Å². The lowest BCUT2D eigenvalue weighted by molar-refractivity contribution is 0.0320. The number of morpholine rings is 1. The molecule has 0 aliphatic carbocycles. The maximum absolute atomic E-state index is 5.54. The van der Waals surface area contributed by atoms with Gasteiger partial charge in [0.15, 0.2) is 5.96 Å². The third-order valence-electron chi connectivity index (χ3n) is 6.05. The average Bonchev–Trinajstić information content (AvgIpc) is 2.81. The number of guanidine groups is 1. The lowest BCUT2D eigenvalue weighted by Gasteiger charge is -2.37. The smallest absolute Gasteiger partial charge is 0.193 e. The molecule has 9 heteroatoms. The quantitative estimate of drug-likeness (QED) is 0.296. The highest BCUT2D eigenvalue weighted by atomic mass is 127. The molecular weight excluding hydrogens is 521 g/mol. The number of piperazine rings is 1. The first-order chi connectivity index (χ1) is 15.1. The number of nitrogens with zero attached hydrogens (tertiary/aromatic N) is 4. The van der Waals surface area contributed by atoms with Crippen molar-refractivity contribution in [3.05, 3.63) is 23.8 Å². The summed E-state index contributed by atoms with van der Waals surface area (Å²) in [6.07, 6.45) is 0. The molecular formula is C23H40IN5O3. The molecule has 1 unspecified atom stereocenters. The number of hydrogen-bond acceptors (Lipinski definition) is 6. The van der Waals surface area contributed by atoms with E-state index in [0.717, 1.165) is 95.1 Å². The Bertz CT molecular complexity index is 707. The molecule has 0 bridgehead atoms. The first-order valence-electron chi connectivity index (χ1n) is 11.3. The van der Waals surface area contributed by atoms with E-state index in [1.807, 2.05) is 19.2 Å². The Morgan fingerprint density at radius 3 is 2.41 bits per heavy atom. The molecule has 182 valence electrons. The van der Waals surface area contributed by atoms with Crippen LogP contribution in [0.15, 0.2) is 23.2 Å². The summed E-state index contributed by atoms with van der Waals surface area (Å²) in [5.74, 6) is 3.35. The average molecular weight is 562 g/mol. The molecule has 32 heavy (non-hydrogen) atoms. The molecule has 2 saturated heterocycles. The second kappa shape index (κ2) is 14.1. The van der Waals surface area contributed by atoms with Gasteiger partial charge in [0.1, 0.15) is 11.5 Å². The van der Waals surface area contributed by atoms with E-state index in [9.17, 15) is 0 Å². The van der Waals surface area contributed by atoms with E-state index >= 15 is 0 Å². The van der Waals surface area contributed by atoms with Crippen molar-refractivity contribution in [3.8, 4) is 11.5 Å². The number of methoxy groups -OCH3 is 2. The van der Waals surface area contributed by atoms with Crippen molar-refractivity contribution in [1.82, 2.24) is 20.0 Å². The maximum Gasteiger partial charge on any atom is 0.193 e. The molecule has 2 heterocycles. The van der Waals surface area contributed by atoms with Gasteiger partial charge in [-0.05, 0) is 24.1 Å². The first kappa shape index (κ1) is 26.9. The zero-order valence-electron chi connectivity index (χ0n) is 20.0. The van der Waals surface area contributed by atoms with Gasteiger partial charge in [-0.15, -0.1) is 24.0 Å². The van der Waals surface area contributed by atoms with Gasteiger partial charge in [0, 0.05) is 71.5 Å². The molecule has 0 saturated carbocycles. The van der Waals surface area contributed by atoms with Gasteiger partial charge in [-0.2, -0.15) is 0 Å². The Labute approximate surface area is 210 Å². The second-order valence-corrected chi connectivity index (χ2v) is 8.39. The topological polar surface area (TPSA) is 61.8 Å². The molecule has 1 atom stereocenters. The first-order valence-corrected chi connectivity index (χ1v) is 11.3. The molecule has 1 aromatic carbocycles. The molecule has 0 amide bonds. The highest BCUT2D eigenvalue weighted by molar-refractivity contribution is 14.0. The van der Waals surface area contributed by atoms with Crippen molar-refractivity contribution < 1.29 is 14.2 Å². The lowest BCUT2D eigenvalue weighted by Crippen LogP contribution is -2.53. The third kappa shape index (κ3) is 7.93. The van der Waals surface area contributed by atoms with Gasteiger partial charge in [0.05, 0.1) is 27.4 Å². The molecule has 2 fully saturated rings. The number of nitrogens with one attached hydrogen (secondary N) is 1. The van der Waals surface area contributed by atoms with Crippen LogP contribution in [-0.4, -0.2) is 107 Å². The largest absolute Gasteiger partial charge is 0.497 e. The van der Waals surface area contributed by atoms with E-state index in [-0.39, 0.29) is 24.0 Å². The molecule has 2 aliphatic rings. The summed E-state index contributed by atoms with van der Waals surface area (Å²) in [5.41, 5.74) is 1.16. The summed E-state index contributed by atoms with van der Waals surface area (Å²) >= 11 is 0. The molecule has 1 aromatic rings. The van der Waals surface area contributed by atoms with Gasteiger partial charge in [-0.1, -0.05) is 6.92 Å². The summed E-state index contributed by atoms with van der Waals surface area (Å²) in [5, 5.41) is 3.59. The van der Waals surface area contributed by atoms with Gasteiger partial charge in [-0.3, -0.25) is 14.8 Å². The Kier molecular flexibility index (Phi) is 11.8. The lowest BCUT2D eigenvalue weighted by atomic mass is 10.1. The fraction of sp³-hybridized carbons (Fsp3) is 0.696. The molecule has 8 nitrogen and oxygen atoms in total. The van der Waals surface area contributed by atoms with E-state index in [1.165, 1.54) is 0 Å². The van der Waals surface area contributed by atoms with E-state index in [1.54, 1.807) is 14.2 Å². The standard InChI is InChI=1S/C23H39N5O3.HI/c1-19(17-27-11-13-31-14-12-27)16-25-23(24-2)28-9-7-26(8-10-28)18-20-15-21(29-3)5-6-22(20)30-4;/h5-6,15,19H,7-14,16-18H2,1-4H3,(H,24,25);1H. The van der Waals surface area contributed by atoms with Crippen molar-refractivity contribution in [3.63, 3.8) is 0 Å². The summed E-state index contributed by atoms with van der Waals surface area (Å²) < 4.78 is 16.4. The Morgan fingerprint density at radius 1 is 1.06 bits per heavy atom. The number of rotatable bonds is 8. The molecule has 0 spiro atoms. The summed E-state index contributed by atoms with van der Waals surface area (Å²) in [6.45, 7) is 12.9. The number of ether oxygens (including phenoxy) is 3. The highest BCUT2D eigenvalue weighted by Gasteiger charge is 2.21. The van der Waals surface area contributed by atoms with Crippen LogP contribution in [0.25, 0.3) is 0 Å². The normalized spacial score (nSPS) is 19.2. The van der Waals surface area contributed by atoms with Crippen LogP contribution in [0.3, 0.4) is 0 Å². The van der Waals surface area contributed by atoms with Gasteiger partial charge >= 0.3 is 0 Å². The van der Waals surface area contributed by atoms with Crippen molar-refractivity contribution in [2.45, 2.75) is 13.5 Å². The molecule has 2 aliphatic heterocycles. The third-order valence-corrected chi connectivity index (χ3v) is 6.05. The predicted molar refractivity (Wildman–Crippen MR) is 140 cm³/mol. The van der Waals surface area contributed by atoms with Crippen molar-refractivity contribution >= 4 is 29.9 Å². The highest BCUT2D eigenvalue weighted by Crippen LogP contribution is 2.25. The number of aliphatic imine (C=N–C) groups is 1. The van der Waals surface area contributed by atoms with E-state index in [4.69, 9.17) is 14.2 Å². The SMILES string of the molecule is CN=C(NCC(C)CN1CCOCC1)N1CCN(Cc2cc(OC)ccc2OC)CC1.I. The minimum absolute atomic E-state index is 0. The van der Waals surface area contributed by atoms with Gasteiger partial charge in [0.25, 0.3) is 0 Å². The monoisotopic (exact) mass is 561 g/mol. The number of hydrogen-bond donors (Lipinski definition) is 1. The zero-order valence-corrected chi connectivity index (χ0v) is 22.3. The maximum atomic E-state index is 5.54. The van der Waals surface area contributed by atoms with Crippen molar-refractivity contribution in [2.24, 2.45) is 10.9 Å². The zero-order chi connectivity index (χ0) is 22.1. The Balaban J connectivity index is 0.00000363. The van der Waals surface area contributed by atoms with Gasteiger partial charge in [-0.25, -0.2) is 0 Å². The Hall–Kier alpha value is -1.30. The molecule has 0 aromatic heterocycles. The van der Waals surface area contributed by atoms with Crippen LogP contribution in [0.2, 0.25) is 0 Å². The summed E-state index contributed by atoms with van der Waals surface area (Å²) in [7, 11) is 5.30.